The van der Waals surface area contributed by atoms with E-state index in [0.29, 0.717) is 12.0 Å². The Morgan fingerprint density at radius 3 is 2.87 bits per heavy atom. The summed E-state index contributed by atoms with van der Waals surface area (Å²) in [5.41, 5.74) is 7.55. The Morgan fingerprint density at radius 2 is 2.09 bits per heavy atom. The zero-order valence-electron chi connectivity index (χ0n) is 14.5. The Balaban J connectivity index is 1.85. The molecule has 0 radical (unpaired) electrons. The summed E-state index contributed by atoms with van der Waals surface area (Å²) in [7, 11) is 2.28. The van der Waals surface area contributed by atoms with Gasteiger partial charge in [0.05, 0.1) is 5.41 Å². The molecule has 2 bridgehead atoms. The number of likely N-dealkylation sites (tertiary alicyclic amines) is 1. The van der Waals surface area contributed by atoms with Gasteiger partial charge in [-0.05, 0) is 61.5 Å². The van der Waals surface area contributed by atoms with Crippen LogP contribution in [0.25, 0.3) is 0 Å². The number of benzene rings is 1. The largest absolute Gasteiger partial charge is 0.484 e. The molecule has 3 unspecified atom stereocenters. The van der Waals surface area contributed by atoms with Crippen LogP contribution in [0.4, 0.5) is 0 Å². The first-order valence-corrected chi connectivity index (χ1v) is 8.96. The molecular weight excluding hydrogens is 282 g/mol. The average Bonchev–Trinajstić information content (AvgIpc) is 2.87. The molecule has 0 saturated carbocycles. The van der Waals surface area contributed by atoms with E-state index in [1.807, 2.05) is 0 Å². The Hall–Kier alpha value is -1.54. The van der Waals surface area contributed by atoms with E-state index in [2.05, 4.69) is 57.0 Å². The minimum atomic E-state index is 0.115. The fraction of sp³-hybridized carbons (Fsp3) is 0.524. The second kappa shape index (κ2) is 4.30. The summed E-state index contributed by atoms with van der Waals surface area (Å²) in [5.74, 6) is 1.72. The molecule has 0 amide bonds. The lowest BCUT2D eigenvalue weighted by molar-refractivity contribution is 0.112. The van der Waals surface area contributed by atoms with Gasteiger partial charge in [-0.3, -0.25) is 4.90 Å². The SMILES string of the molecule is CC1=CC=C2C3Cc4ccc(C(C)C)c5c4C2(CCN3C)C1O5. The van der Waals surface area contributed by atoms with Crippen LogP contribution in [0.3, 0.4) is 0 Å². The highest BCUT2D eigenvalue weighted by Gasteiger charge is 2.60. The molecule has 23 heavy (non-hydrogen) atoms. The van der Waals surface area contributed by atoms with Crippen LogP contribution in [0, 0.1) is 0 Å². The van der Waals surface area contributed by atoms with Gasteiger partial charge in [0.1, 0.15) is 11.9 Å². The van der Waals surface area contributed by atoms with Gasteiger partial charge >= 0.3 is 0 Å². The molecule has 1 saturated heterocycles. The molecule has 1 spiro atoms. The van der Waals surface area contributed by atoms with Crippen LogP contribution in [0.1, 0.15) is 49.8 Å². The van der Waals surface area contributed by atoms with Gasteiger partial charge in [0, 0.05) is 11.6 Å². The van der Waals surface area contributed by atoms with Gasteiger partial charge in [-0.25, -0.2) is 0 Å². The summed E-state index contributed by atoms with van der Waals surface area (Å²) in [6.07, 6.45) is 7.25. The third-order valence-electron chi connectivity index (χ3n) is 6.64. The Kier molecular flexibility index (Phi) is 2.59. The summed E-state index contributed by atoms with van der Waals surface area (Å²) in [4.78, 5) is 2.54. The molecular formula is C21H25NO. The standard InChI is InChI=1S/C21H25NO/c1-12(2)15-7-6-14-11-17-16-8-5-13(3)20-21(16,9-10-22(17)4)18(14)19(15)23-20/h5-8,12,17,20H,9-11H2,1-4H3. The van der Waals surface area contributed by atoms with Crippen molar-refractivity contribution in [1.82, 2.24) is 4.90 Å². The average molecular weight is 307 g/mol. The molecule has 5 rings (SSSR count). The van der Waals surface area contributed by atoms with Gasteiger partial charge in [0.2, 0.25) is 0 Å². The van der Waals surface area contributed by atoms with Crippen LogP contribution >= 0.6 is 0 Å². The number of rotatable bonds is 1. The van der Waals surface area contributed by atoms with Crippen LogP contribution in [0.5, 0.6) is 5.75 Å². The van der Waals surface area contributed by atoms with Gasteiger partial charge in [-0.15, -0.1) is 0 Å². The van der Waals surface area contributed by atoms with E-state index in [9.17, 15) is 0 Å². The van der Waals surface area contributed by atoms with E-state index >= 15 is 0 Å². The highest BCUT2D eigenvalue weighted by molar-refractivity contribution is 5.66. The lowest BCUT2D eigenvalue weighted by Crippen LogP contribution is -2.58. The maximum Gasteiger partial charge on any atom is 0.133 e. The highest BCUT2D eigenvalue weighted by Crippen LogP contribution is 2.61. The molecule has 2 heteroatoms. The number of ether oxygens (including phenoxy) is 1. The van der Waals surface area contributed by atoms with E-state index in [-0.39, 0.29) is 11.5 Å². The van der Waals surface area contributed by atoms with E-state index in [0.717, 1.165) is 6.42 Å². The summed E-state index contributed by atoms with van der Waals surface area (Å²) < 4.78 is 6.69. The minimum Gasteiger partial charge on any atom is -0.484 e. The van der Waals surface area contributed by atoms with E-state index in [1.165, 1.54) is 41.0 Å². The molecule has 120 valence electrons. The van der Waals surface area contributed by atoms with Crippen molar-refractivity contribution in [2.45, 2.75) is 57.1 Å². The van der Waals surface area contributed by atoms with Gasteiger partial charge < -0.3 is 4.74 Å². The number of hydrogen-bond donors (Lipinski definition) is 0. The molecule has 1 fully saturated rings. The topological polar surface area (TPSA) is 12.5 Å². The minimum absolute atomic E-state index is 0.115. The van der Waals surface area contributed by atoms with E-state index in [4.69, 9.17) is 4.74 Å². The molecule has 0 N–H and O–H groups in total. The second-order valence-corrected chi connectivity index (χ2v) is 8.13. The first kappa shape index (κ1) is 13.9. The number of allylic oxidation sites excluding steroid dienone is 2. The van der Waals surface area contributed by atoms with Crippen molar-refractivity contribution in [3.8, 4) is 5.75 Å². The predicted octanol–water partition coefficient (Wildman–Crippen LogP) is 3.96. The Morgan fingerprint density at radius 1 is 1.26 bits per heavy atom. The fourth-order valence-electron chi connectivity index (χ4n) is 5.49. The van der Waals surface area contributed by atoms with Crippen LogP contribution in [-0.4, -0.2) is 30.6 Å². The van der Waals surface area contributed by atoms with Crippen LogP contribution < -0.4 is 4.74 Å². The first-order valence-electron chi connectivity index (χ1n) is 8.96. The first-order chi connectivity index (χ1) is 11.0. The van der Waals surface area contributed by atoms with Gasteiger partial charge in [-0.2, -0.15) is 0 Å². The molecule has 1 aromatic rings. The molecule has 0 aromatic heterocycles. The normalized spacial score (nSPS) is 34.0. The zero-order chi connectivity index (χ0) is 15.9. The van der Waals surface area contributed by atoms with Gasteiger partial charge in [0.15, 0.2) is 0 Å². The van der Waals surface area contributed by atoms with Crippen molar-refractivity contribution in [3.63, 3.8) is 0 Å². The van der Waals surface area contributed by atoms with E-state index in [1.54, 1.807) is 5.57 Å². The summed E-state index contributed by atoms with van der Waals surface area (Å²) in [6.45, 7) is 7.97. The monoisotopic (exact) mass is 307 g/mol. The summed E-state index contributed by atoms with van der Waals surface area (Å²) in [6, 6.07) is 5.25. The highest BCUT2D eigenvalue weighted by atomic mass is 16.5. The smallest absolute Gasteiger partial charge is 0.133 e. The van der Waals surface area contributed by atoms with Crippen molar-refractivity contribution in [2.75, 3.05) is 13.6 Å². The fourth-order valence-corrected chi connectivity index (χ4v) is 5.49. The molecule has 4 aliphatic rings. The van der Waals surface area contributed by atoms with Gasteiger partial charge in [-0.1, -0.05) is 38.1 Å². The van der Waals surface area contributed by atoms with Gasteiger partial charge in [0.25, 0.3) is 0 Å². The van der Waals surface area contributed by atoms with Crippen molar-refractivity contribution in [2.24, 2.45) is 0 Å². The maximum atomic E-state index is 6.69. The second-order valence-electron chi connectivity index (χ2n) is 8.13. The molecule has 2 aliphatic heterocycles. The Bertz CT molecular complexity index is 772. The number of nitrogens with zero attached hydrogens (tertiary/aromatic N) is 1. The lowest BCUT2D eigenvalue weighted by atomic mass is 9.56. The number of hydrogen-bond acceptors (Lipinski definition) is 2. The molecule has 2 aliphatic carbocycles. The molecule has 2 heterocycles. The number of piperidine rings is 1. The Labute approximate surface area is 138 Å². The summed E-state index contributed by atoms with van der Waals surface area (Å²) in [5, 5.41) is 0. The molecule has 3 atom stereocenters. The van der Waals surface area contributed by atoms with Crippen molar-refractivity contribution < 1.29 is 4.74 Å². The van der Waals surface area contributed by atoms with Crippen molar-refractivity contribution in [3.05, 3.63) is 52.1 Å². The van der Waals surface area contributed by atoms with E-state index < -0.39 is 0 Å². The number of likely N-dealkylation sites (N-methyl/N-ethyl adjacent to an activating group) is 1. The van der Waals surface area contributed by atoms with Crippen molar-refractivity contribution >= 4 is 0 Å². The maximum absolute atomic E-state index is 6.69. The van der Waals surface area contributed by atoms with Crippen LogP contribution in [0.15, 0.2) is 35.4 Å². The quantitative estimate of drug-likeness (QED) is 0.779. The third kappa shape index (κ3) is 1.49. The lowest BCUT2D eigenvalue weighted by Gasteiger charge is -2.53. The van der Waals surface area contributed by atoms with Crippen LogP contribution in [-0.2, 0) is 11.8 Å². The van der Waals surface area contributed by atoms with Crippen molar-refractivity contribution in [1.29, 1.82) is 0 Å². The third-order valence-corrected chi connectivity index (χ3v) is 6.64. The summed E-state index contributed by atoms with van der Waals surface area (Å²) >= 11 is 0. The van der Waals surface area contributed by atoms with Crippen LogP contribution in [0.2, 0.25) is 0 Å². The predicted molar refractivity (Wildman–Crippen MR) is 93.2 cm³/mol. The molecule has 1 aromatic carbocycles. The molecule has 2 nitrogen and oxygen atoms in total. The zero-order valence-corrected chi connectivity index (χ0v) is 14.5.